The van der Waals surface area contributed by atoms with Crippen molar-refractivity contribution in [2.45, 2.75) is 53.0 Å². The summed E-state index contributed by atoms with van der Waals surface area (Å²) in [4.78, 5) is 25.3. The number of carbonyl (C=O) groups is 2. The minimum Gasteiger partial charge on any atom is -0.317 e. The standard InChI is InChI=1S/C19H27NO2/c1-11(2)18(21)16-8-6-13-10-14(20-5)7-9-15(13)17(16)19(22)12(3)4/h6,8,11-12,14,20H,7,9-10H2,1-5H3. The van der Waals surface area contributed by atoms with Crippen LogP contribution in [0.1, 0.15) is 66.0 Å². The molecule has 3 heteroatoms. The Hall–Kier alpha value is -1.48. The van der Waals surface area contributed by atoms with Crippen molar-refractivity contribution < 1.29 is 9.59 Å². The molecule has 2 rings (SSSR count). The first-order valence-electron chi connectivity index (χ1n) is 8.27. The van der Waals surface area contributed by atoms with Gasteiger partial charge in [0.05, 0.1) is 0 Å². The summed E-state index contributed by atoms with van der Waals surface area (Å²) < 4.78 is 0. The Balaban J connectivity index is 2.58. The molecule has 1 unspecified atom stereocenters. The van der Waals surface area contributed by atoms with E-state index < -0.39 is 0 Å². The van der Waals surface area contributed by atoms with Gasteiger partial charge in [-0.2, -0.15) is 0 Å². The predicted molar refractivity (Wildman–Crippen MR) is 89.7 cm³/mol. The molecule has 120 valence electrons. The SMILES string of the molecule is CNC1CCc2c(ccc(C(=O)C(C)C)c2C(=O)C(C)C)C1. The molecule has 0 radical (unpaired) electrons. The molecule has 1 aromatic rings. The van der Waals surface area contributed by atoms with Crippen molar-refractivity contribution in [3.8, 4) is 0 Å². The summed E-state index contributed by atoms with van der Waals surface area (Å²) in [5.74, 6) is -0.0102. The van der Waals surface area contributed by atoms with Gasteiger partial charge in [-0.05, 0) is 37.4 Å². The van der Waals surface area contributed by atoms with Crippen LogP contribution in [0.4, 0.5) is 0 Å². The van der Waals surface area contributed by atoms with E-state index in [9.17, 15) is 9.59 Å². The third kappa shape index (κ3) is 3.14. The highest BCUT2D eigenvalue weighted by molar-refractivity contribution is 6.11. The minimum absolute atomic E-state index is 0.0718. The quantitative estimate of drug-likeness (QED) is 0.847. The van der Waals surface area contributed by atoms with Crippen LogP contribution in [0, 0.1) is 11.8 Å². The number of nitrogens with one attached hydrogen (secondary N) is 1. The Labute approximate surface area is 133 Å². The second kappa shape index (κ2) is 6.74. The van der Waals surface area contributed by atoms with Gasteiger partial charge in [0.1, 0.15) is 0 Å². The van der Waals surface area contributed by atoms with Crippen LogP contribution in [0.25, 0.3) is 0 Å². The first kappa shape index (κ1) is 16.9. The molecule has 1 aliphatic carbocycles. The van der Waals surface area contributed by atoms with E-state index in [0.29, 0.717) is 17.2 Å². The number of hydrogen-bond donors (Lipinski definition) is 1. The smallest absolute Gasteiger partial charge is 0.166 e. The molecule has 0 bridgehead atoms. The van der Waals surface area contributed by atoms with Crippen LogP contribution in [0.15, 0.2) is 12.1 Å². The maximum Gasteiger partial charge on any atom is 0.166 e. The van der Waals surface area contributed by atoms with Crippen molar-refractivity contribution in [1.29, 1.82) is 0 Å². The lowest BCUT2D eigenvalue weighted by molar-refractivity contribution is 0.0904. The number of ketones is 2. The third-order valence-electron chi connectivity index (χ3n) is 4.59. The van der Waals surface area contributed by atoms with E-state index in [2.05, 4.69) is 5.32 Å². The molecule has 1 N–H and O–H groups in total. The van der Waals surface area contributed by atoms with E-state index in [-0.39, 0.29) is 23.4 Å². The summed E-state index contributed by atoms with van der Waals surface area (Å²) in [6, 6.07) is 4.38. The Bertz CT molecular complexity index is 587. The highest BCUT2D eigenvalue weighted by Gasteiger charge is 2.28. The van der Waals surface area contributed by atoms with Gasteiger partial charge in [-0.3, -0.25) is 9.59 Å². The summed E-state index contributed by atoms with van der Waals surface area (Å²) in [6.07, 6.45) is 2.81. The van der Waals surface area contributed by atoms with Crippen LogP contribution in [0.2, 0.25) is 0 Å². The molecule has 22 heavy (non-hydrogen) atoms. The predicted octanol–water partition coefficient (Wildman–Crippen LogP) is 3.44. The summed E-state index contributed by atoms with van der Waals surface area (Å²) in [7, 11) is 1.98. The topological polar surface area (TPSA) is 46.2 Å². The van der Waals surface area contributed by atoms with Gasteiger partial charge in [0.2, 0.25) is 0 Å². The van der Waals surface area contributed by atoms with Crippen LogP contribution in [0.5, 0.6) is 0 Å². The first-order chi connectivity index (χ1) is 10.4. The van der Waals surface area contributed by atoms with Gasteiger partial charge in [-0.15, -0.1) is 0 Å². The molecule has 1 atom stereocenters. The first-order valence-corrected chi connectivity index (χ1v) is 8.27. The van der Waals surface area contributed by atoms with Gasteiger partial charge < -0.3 is 5.32 Å². The number of rotatable bonds is 5. The van der Waals surface area contributed by atoms with E-state index in [1.807, 2.05) is 46.9 Å². The molecular weight excluding hydrogens is 274 g/mol. The number of carbonyl (C=O) groups excluding carboxylic acids is 2. The zero-order chi connectivity index (χ0) is 16.4. The van der Waals surface area contributed by atoms with Crippen LogP contribution in [0.3, 0.4) is 0 Å². The number of benzene rings is 1. The normalized spacial score (nSPS) is 17.7. The Kier molecular flexibility index (Phi) is 5.17. The molecule has 0 fully saturated rings. The summed E-state index contributed by atoms with van der Waals surface area (Å²) in [5.41, 5.74) is 3.64. The summed E-state index contributed by atoms with van der Waals surface area (Å²) >= 11 is 0. The molecule has 0 spiro atoms. The lowest BCUT2D eigenvalue weighted by Crippen LogP contribution is -2.33. The molecule has 1 aliphatic rings. The van der Waals surface area contributed by atoms with Crippen molar-refractivity contribution in [2.75, 3.05) is 7.05 Å². The van der Waals surface area contributed by atoms with Crippen molar-refractivity contribution in [3.63, 3.8) is 0 Å². The summed E-state index contributed by atoms with van der Waals surface area (Å²) in [5, 5.41) is 3.32. The average Bonchev–Trinajstić information content (AvgIpc) is 2.51. The van der Waals surface area contributed by atoms with Gasteiger partial charge in [0.25, 0.3) is 0 Å². The molecule has 3 nitrogen and oxygen atoms in total. The fourth-order valence-electron chi connectivity index (χ4n) is 3.19. The lowest BCUT2D eigenvalue weighted by atomic mass is 9.79. The summed E-state index contributed by atoms with van der Waals surface area (Å²) in [6.45, 7) is 7.60. The number of likely N-dealkylation sites (N-methyl/N-ethyl adjacent to an activating group) is 1. The number of fused-ring (bicyclic) bond motifs is 1. The zero-order valence-corrected chi connectivity index (χ0v) is 14.3. The van der Waals surface area contributed by atoms with Crippen molar-refractivity contribution >= 4 is 11.6 Å². The van der Waals surface area contributed by atoms with Gasteiger partial charge in [-0.25, -0.2) is 0 Å². The minimum atomic E-state index is -0.0922. The van der Waals surface area contributed by atoms with E-state index in [1.54, 1.807) is 0 Å². The fourth-order valence-corrected chi connectivity index (χ4v) is 3.19. The van der Waals surface area contributed by atoms with Crippen molar-refractivity contribution in [1.82, 2.24) is 5.32 Å². The average molecular weight is 301 g/mol. The van der Waals surface area contributed by atoms with E-state index in [1.165, 1.54) is 5.56 Å². The molecule has 0 saturated carbocycles. The molecule has 1 aromatic carbocycles. The number of Topliss-reactive ketones (excluding diaryl/α,β-unsaturated/α-hetero) is 2. The van der Waals surface area contributed by atoms with Gasteiger partial charge in [0.15, 0.2) is 11.6 Å². The molecule has 0 aromatic heterocycles. The Morgan fingerprint density at radius 3 is 2.27 bits per heavy atom. The van der Waals surface area contributed by atoms with E-state index in [4.69, 9.17) is 0 Å². The monoisotopic (exact) mass is 301 g/mol. The van der Waals surface area contributed by atoms with Crippen molar-refractivity contribution in [3.05, 3.63) is 34.4 Å². The molecule has 0 heterocycles. The van der Waals surface area contributed by atoms with Gasteiger partial charge >= 0.3 is 0 Å². The third-order valence-corrected chi connectivity index (χ3v) is 4.59. The second-order valence-electron chi connectivity index (χ2n) is 6.89. The lowest BCUT2D eigenvalue weighted by Gasteiger charge is -2.27. The van der Waals surface area contributed by atoms with Gasteiger partial charge in [0, 0.05) is 29.0 Å². The second-order valence-corrected chi connectivity index (χ2v) is 6.89. The Morgan fingerprint density at radius 1 is 1.09 bits per heavy atom. The van der Waals surface area contributed by atoms with Gasteiger partial charge in [-0.1, -0.05) is 39.8 Å². The molecule has 0 saturated heterocycles. The largest absolute Gasteiger partial charge is 0.317 e. The maximum atomic E-state index is 12.7. The highest BCUT2D eigenvalue weighted by atomic mass is 16.1. The molecule has 0 aliphatic heterocycles. The maximum absolute atomic E-state index is 12.7. The number of hydrogen-bond acceptors (Lipinski definition) is 3. The Morgan fingerprint density at radius 2 is 1.73 bits per heavy atom. The molecular formula is C19H27NO2. The van der Waals surface area contributed by atoms with E-state index in [0.717, 1.165) is 24.8 Å². The van der Waals surface area contributed by atoms with Crippen LogP contribution >= 0.6 is 0 Å². The van der Waals surface area contributed by atoms with Crippen LogP contribution < -0.4 is 5.32 Å². The van der Waals surface area contributed by atoms with Crippen LogP contribution in [-0.2, 0) is 12.8 Å². The van der Waals surface area contributed by atoms with Crippen LogP contribution in [-0.4, -0.2) is 24.7 Å². The molecule has 0 amide bonds. The van der Waals surface area contributed by atoms with E-state index >= 15 is 0 Å². The van der Waals surface area contributed by atoms with Crippen molar-refractivity contribution in [2.24, 2.45) is 11.8 Å². The zero-order valence-electron chi connectivity index (χ0n) is 14.3. The fraction of sp³-hybridized carbons (Fsp3) is 0.579. The highest BCUT2D eigenvalue weighted by Crippen LogP contribution is 2.30.